The number of aliphatic hydroxyl groups is 1. The molecule has 0 bridgehead atoms. The minimum Gasteiger partial charge on any atom is -0.385 e. The molecule has 0 amide bonds. The van der Waals surface area contributed by atoms with Gasteiger partial charge in [-0.25, -0.2) is 4.39 Å². The molecule has 1 atom stereocenters. The van der Waals surface area contributed by atoms with Gasteiger partial charge in [0.25, 0.3) is 0 Å². The lowest BCUT2D eigenvalue weighted by Gasteiger charge is -2.23. The summed E-state index contributed by atoms with van der Waals surface area (Å²) in [6, 6.07) is 4.79. The maximum atomic E-state index is 13.0. The number of hydrogen-bond donors (Lipinski definition) is 1. The maximum Gasteiger partial charge on any atom is 0.123 e. The summed E-state index contributed by atoms with van der Waals surface area (Å²) < 4.78 is 13.0. The van der Waals surface area contributed by atoms with E-state index in [0.29, 0.717) is 5.92 Å². The summed E-state index contributed by atoms with van der Waals surface area (Å²) >= 11 is 0. The van der Waals surface area contributed by atoms with Gasteiger partial charge in [0.15, 0.2) is 0 Å². The van der Waals surface area contributed by atoms with E-state index in [1.807, 2.05) is 0 Å². The van der Waals surface area contributed by atoms with E-state index in [4.69, 9.17) is 0 Å². The fourth-order valence-corrected chi connectivity index (χ4v) is 2.71. The highest BCUT2D eigenvalue weighted by Crippen LogP contribution is 2.47. The van der Waals surface area contributed by atoms with E-state index in [0.717, 1.165) is 30.4 Å². The van der Waals surface area contributed by atoms with Crippen molar-refractivity contribution < 1.29 is 9.50 Å². The van der Waals surface area contributed by atoms with E-state index in [-0.39, 0.29) is 5.82 Å². The van der Waals surface area contributed by atoms with Gasteiger partial charge in [0.05, 0.1) is 5.60 Å². The SMILES string of the molecule is OC1(CC2CC2)CCc2cc(F)ccc21. The molecule has 2 aliphatic rings. The summed E-state index contributed by atoms with van der Waals surface area (Å²) in [7, 11) is 0. The van der Waals surface area contributed by atoms with Crippen LogP contribution >= 0.6 is 0 Å². The van der Waals surface area contributed by atoms with Crippen LogP contribution < -0.4 is 0 Å². The normalized spacial score (nSPS) is 29.2. The van der Waals surface area contributed by atoms with Gasteiger partial charge in [-0.3, -0.25) is 0 Å². The van der Waals surface area contributed by atoms with Crippen molar-refractivity contribution in [3.63, 3.8) is 0 Å². The second kappa shape index (κ2) is 3.05. The maximum absolute atomic E-state index is 13.0. The van der Waals surface area contributed by atoms with Crippen LogP contribution in [0.25, 0.3) is 0 Å². The minimum atomic E-state index is -0.662. The number of fused-ring (bicyclic) bond motifs is 1. The largest absolute Gasteiger partial charge is 0.385 e. The lowest BCUT2D eigenvalue weighted by atomic mass is 9.90. The van der Waals surface area contributed by atoms with Crippen molar-refractivity contribution in [2.45, 2.75) is 37.7 Å². The van der Waals surface area contributed by atoms with Crippen molar-refractivity contribution in [1.82, 2.24) is 0 Å². The predicted molar refractivity (Wildman–Crippen MR) is 56.0 cm³/mol. The van der Waals surface area contributed by atoms with Crippen LogP contribution in [0, 0.1) is 11.7 Å². The van der Waals surface area contributed by atoms with E-state index in [9.17, 15) is 9.50 Å². The van der Waals surface area contributed by atoms with Crippen LogP contribution in [-0.2, 0) is 12.0 Å². The van der Waals surface area contributed by atoms with E-state index >= 15 is 0 Å². The van der Waals surface area contributed by atoms with E-state index < -0.39 is 5.60 Å². The molecule has 1 nitrogen and oxygen atoms in total. The molecule has 0 saturated heterocycles. The molecule has 1 saturated carbocycles. The summed E-state index contributed by atoms with van der Waals surface area (Å²) in [5.41, 5.74) is 1.30. The van der Waals surface area contributed by atoms with E-state index in [2.05, 4.69) is 0 Å². The summed E-state index contributed by atoms with van der Waals surface area (Å²) in [5.74, 6) is 0.510. The predicted octanol–water partition coefficient (Wildman–Crippen LogP) is 2.76. The van der Waals surface area contributed by atoms with Crippen LogP contribution in [0.1, 0.15) is 36.8 Å². The first-order chi connectivity index (χ1) is 7.17. The Morgan fingerprint density at radius 2 is 2.20 bits per heavy atom. The molecule has 2 heteroatoms. The third kappa shape index (κ3) is 1.57. The standard InChI is InChI=1S/C13H15FO/c14-11-3-4-12-10(7-11)5-6-13(12,15)8-9-1-2-9/h3-4,7,9,15H,1-2,5-6,8H2. The Hall–Kier alpha value is -0.890. The van der Waals surface area contributed by atoms with Crippen LogP contribution in [0.5, 0.6) is 0 Å². The van der Waals surface area contributed by atoms with E-state index in [1.165, 1.54) is 18.9 Å². The van der Waals surface area contributed by atoms with Gasteiger partial charge in [0.1, 0.15) is 5.82 Å². The highest BCUT2D eigenvalue weighted by Gasteiger charge is 2.41. The lowest BCUT2D eigenvalue weighted by Crippen LogP contribution is -2.22. The highest BCUT2D eigenvalue weighted by atomic mass is 19.1. The van der Waals surface area contributed by atoms with Crippen LogP contribution in [0.15, 0.2) is 18.2 Å². The van der Waals surface area contributed by atoms with Crippen molar-refractivity contribution in [3.05, 3.63) is 35.1 Å². The lowest BCUT2D eigenvalue weighted by molar-refractivity contribution is 0.0237. The first-order valence-electron chi connectivity index (χ1n) is 5.69. The molecule has 15 heavy (non-hydrogen) atoms. The Balaban J connectivity index is 1.95. The zero-order valence-corrected chi connectivity index (χ0v) is 8.67. The van der Waals surface area contributed by atoms with Crippen molar-refractivity contribution in [2.24, 2.45) is 5.92 Å². The van der Waals surface area contributed by atoms with Crippen LogP contribution in [0.3, 0.4) is 0 Å². The van der Waals surface area contributed by atoms with Gasteiger partial charge in [0, 0.05) is 0 Å². The number of benzene rings is 1. The monoisotopic (exact) mass is 206 g/mol. The molecule has 3 rings (SSSR count). The van der Waals surface area contributed by atoms with Crippen LogP contribution in [-0.4, -0.2) is 5.11 Å². The molecule has 0 aromatic heterocycles. The molecule has 0 radical (unpaired) electrons. The van der Waals surface area contributed by atoms with Gasteiger partial charge in [-0.2, -0.15) is 0 Å². The molecule has 1 N–H and O–H groups in total. The summed E-state index contributed by atoms with van der Waals surface area (Å²) in [4.78, 5) is 0. The van der Waals surface area contributed by atoms with Gasteiger partial charge in [-0.05, 0) is 48.4 Å². The fourth-order valence-electron chi connectivity index (χ4n) is 2.71. The summed E-state index contributed by atoms with van der Waals surface area (Å²) in [5, 5.41) is 10.5. The van der Waals surface area contributed by atoms with Crippen molar-refractivity contribution in [2.75, 3.05) is 0 Å². The Morgan fingerprint density at radius 3 is 2.93 bits per heavy atom. The first-order valence-corrected chi connectivity index (χ1v) is 5.69. The highest BCUT2D eigenvalue weighted by molar-refractivity contribution is 5.37. The fraction of sp³-hybridized carbons (Fsp3) is 0.538. The Labute approximate surface area is 88.9 Å². The summed E-state index contributed by atoms with van der Waals surface area (Å²) in [6.45, 7) is 0. The van der Waals surface area contributed by atoms with Gasteiger partial charge in [-0.1, -0.05) is 18.9 Å². The van der Waals surface area contributed by atoms with Gasteiger partial charge in [-0.15, -0.1) is 0 Å². The van der Waals surface area contributed by atoms with Crippen molar-refractivity contribution in [1.29, 1.82) is 0 Å². The Morgan fingerprint density at radius 1 is 1.40 bits per heavy atom. The summed E-state index contributed by atoms with van der Waals surface area (Å²) in [6.07, 6.45) is 4.95. The minimum absolute atomic E-state index is 0.190. The third-order valence-corrected chi connectivity index (χ3v) is 3.70. The molecule has 2 aliphatic carbocycles. The molecule has 0 spiro atoms. The second-order valence-electron chi connectivity index (χ2n) is 4.98. The topological polar surface area (TPSA) is 20.2 Å². The molecule has 1 fully saturated rings. The molecule has 0 heterocycles. The third-order valence-electron chi connectivity index (χ3n) is 3.70. The molecule has 80 valence electrons. The zero-order chi connectivity index (χ0) is 10.5. The first kappa shape index (κ1) is 9.34. The van der Waals surface area contributed by atoms with Crippen molar-refractivity contribution in [3.8, 4) is 0 Å². The molecule has 0 aliphatic heterocycles. The van der Waals surface area contributed by atoms with E-state index in [1.54, 1.807) is 12.1 Å². The Bertz CT molecular complexity index is 398. The zero-order valence-electron chi connectivity index (χ0n) is 8.67. The number of halogens is 1. The average Bonchev–Trinajstić information content (AvgIpc) is 2.93. The smallest absolute Gasteiger partial charge is 0.123 e. The van der Waals surface area contributed by atoms with Crippen molar-refractivity contribution >= 4 is 0 Å². The average molecular weight is 206 g/mol. The molecular formula is C13H15FO. The molecule has 1 aromatic rings. The second-order valence-corrected chi connectivity index (χ2v) is 4.98. The van der Waals surface area contributed by atoms with Crippen LogP contribution in [0.4, 0.5) is 4.39 Å². The quantitative estimate of drug-likeness (QED) is 0.788. The van der Waals surface area contributed by atoms with Gasteiger partial charge >= 0.3 is 0 Å². The Kier molecular flexibility index (Phi) is 1.90. The van der Waals surface area contributed by atoms with Gasteiger partial charge < -0.3 is 5.11 Å². The molecule has 1 aromatic carbocycles. The number of rotatable bonds is 2. The number of hydrogen-bond acceptors (Lipinski definition) is 1. The molecule has 1 unspecified atom stereocenters. The van der Waals surface area contributed by atoms with Crippen LogP contribution in [0.2, 0.25) is 0 Å². The van der Waals surface area contributed by atoms with Gasteiger partial charge in [0.2, 0.25) is 0 Å². The number of aryl methyl sites for hydroxylation is 1. The molecular weight excluding hydrogens is 191 g/mol.